The third-order valence-electron chi connectivity index (χ3n) is 3.53. The van der Waals surface area contributed by atoms with Crippen LogP contribution in [0.1, 0.15) is 18.5 Å². The number of rotatable bonds is 4. The van der Waals surface area contributed by atoms with Crippen molar-refractivity contribution in [3.8, 4) is 5.75 Å². The molecule has 2 rings (SSSR count). The van der Waals surface area contributed by atoms with Gasteiger partial charge in [-0.1, -0.05) is 42.5 Å². The summed E-state index contributed by atoms with van der Waals surface area (Å²) in [5, 5.41) is 2.87. The minimum atomic E-state index is -0.171. The number of carbonyl (C=O) groups excluding carboxylic acids is 1. The van der Waals surface area contributed by atoms with Crippen LogP contribution in [-0.2, 0) is 0 Å². The number of hydrogen-bond acceptors (Lipinski definition) is 2. The topological polar surface area (TPSA) is 41.6 Å². The molecule has 0 unspecified atom stereocenters. The van der Waals surface area contributed by atoms with E-state index in [0.717, 1.165) is 5.56 Å². The number of benzene rings is 2. The van der Waals surface area contributed by atoms with E-state index in [1.807, 2.05) is 61.5 Å². The molecule has 4 heteroatoms. The Balaban J connectivity index is 2.09. The summed E-state index contributed by atoms with van der Waals surface area (Å²) in [5.41, 5.74) is 1.76. The van der Waals surface area contributed by atoms with Crippen molar-refractivity contribution in [1.29, 1.82) is 0 Å². The molecule has 0 heterocycles. The zero-order valence-corrected chi connectivity index (χ0v) is 12.5. The van der Waals surface area contributed by atoms with Crippen LogP contribution >= 0.6 is 0 Å². The van der Waals surface area contributed by atoms with Crippen LogP contribution in [0.4, 0.5) is 10.5 Å². The van der Waals surface area contributed by atoms with Crippen molar-refractivity contribution in [2.75, 3.05) is 19.5 Å². The highest BCUT2D eigenvalue weighted by atomic mass is 16.5. The highest BCUT2D eigenvalue weighted by molar-refractivity contribution is 5.91. The third kappa shape index (κ3) is 3.54. The Morgan fingerprint density at radius 2 is 1.71 bits per heavy atom. The summed E-state index contributed by atoms with van der Waals surface area (Å²) in [4.78, 5) is 14.0. The third-order valence-corrected chi connectivity index (χ3v) is 3.53. The van der Waals surface area contributed by atoms with Gasteiger partial charge in [-0.2, -0.15) is 0 Å². The zero-order chi connectivity index (χ0) is 15.2. The van der Waals surface area contributed by atoms with Crippen LogP contribution in [0.25, 0.3) is 0 Å². The molecule has 0 aliphatic carbocycles. The fourth-order valence-electron chi connectivity index (χ4n) is 2.08. The average Bonchev–Trinajstić information content (AvgIpc) is 2.54. The van der Waals surface area contributed by atoms with Gasteiger partial charge in [-0.15, -0.1) is 0 Å². The van der Waals surface area contributed by atoms with E-state index in [2.05, 4.69) is 5.32 Å². The van der Waals surface area contributed by atoms with Gasteiger partial charge in [0.25, 0.3) is 0 Å². The first-order valence-electron chi connectivity index (χ1n) is 6.85. The molecular weight excluding hydrogens is 264 g/mol. The lowest BCUT2D eigenvalue weighted by molar-refractivity contribution is 0.208. The molecule has 2 aromatic rings. The van der Waals surface area contributed by atoms with Gasteiger partial charge in [0.05, 0.1) is 18.8 Å². The van der Waals surface area contributed by atoms with Crippen LogP contribution in [0.5, 0.6) is 5.75 Å². The molecule has 21 heavy (non-hydrogen) atoms. The molecule has 0 saturated carbocycles. The van der Waals surface area contributed by atoms with Crippen LogP contribution in [0.2, 0.25) is 0 Å². The van der Waals surface area contributed by atoms with Crippen LogP contribution in [0, 0.1) is 0 Å². The smallest absolute Gasteiger partial charge is 0.322 e. The van der Waals surface area contributed by atoms with E-state index >= 15 is 0 Å². The number of urea groups is 1. The fraction of sp³-hybridized carbons (Fsp3) is 0.235. The lowest BCUT2D eigenvalue weighted by Gasteiger charge is -2.26. The second-order valence-electron chi connectivity index (χ2n) is 4.83. The van der Waals surface area contributed by atoms with Crippen molar-refractivity contribution >= 4 is 11.7 Å². The standard InChI is InChI=1S/C17H20N2O2/c1-13(14-9-5-4-6-10-14)19(2)17(20)18-15-11-7-8-12-16(15)21-3/h4-13H,1-3H3,(H,18,20)/t13-/m0/s1. The summed E-state index contributed by atoms with van der Waals surface area (Å²) < 4.78 is 5.24. The molecule has 0 aliphatic rings. The Morgan fingerprint density at radius 3 is 2.38 bits per heavy atom. The van der Waals surface area contributed by atoms with Gasteiger partial charge in [0.1, 0.15) is 5.75 Å². The summed E-state index contributed by atoms with van der Waals surface area (Å²) in [5.74, 6) is 0.645. The first kappa shape index (κ1) is 14.9. The van der Waals surface area contributed by atoms with E-state index in [4.69, 9.17) is 4.74 Å². The van der Waals surface area contributed by atoms with Crippen molar-refractivity contribution in [2.45, 2.75) is 13.0 Å². The number of nitrogens with one attached hydrogen (secondary N) is 1. The van der Waals surface area contributed by atoms with Gasteiger partial charge in [0.2, 0.25) is 0 Å². The Kier molecular flexibility index (Phi) is 4.82. The number of methoxy groups -OCH3 is 1. The lowest BCUT2D eigenvalue weighted by atomic mass is 10.1. The molecule has 1 N–H and O–H groups in total. The maximum Gasteiger partial charge on any atom is 0.322 e. The van der Waals surface area contributed by atoms with Crippen molar-refractivity contribution in [1.82, 2.24) is 4.90 Å². The fourth-order valence-corrected chi connectivity index (χ4v) is 2.08. The van der Waals surface area contributed by atoms with Gasteiger partial charge in [0.15, 0.2) is 0 Å². The van der Waals surface area contributed by atoms with E-state index < -0.39 is 0 Å². The molecule has 0 radical (unpaired) electrons. The largest absolute Gasteiger partial charge is 0.495 e. The summed E-state index contributed by atoms with van der Waals surface area (Å²) in [7, 11) is 3.36. The van der Waals surface area contributed by atoms with Crippen LogP contribution in [0.15, 0.2) is 54.6 Å². The summed E-state index contributed by atoms with van der Waals surface area (Å²) >= 11 is 0. The number of para-hydroxylation sites is 2. The summed E-state index contributed by atoms with van der Waals surface area (Å²) in [6.45, 7) is 2.00. The SMILES string of the molecule is COc1ccccc1NC(=O)N(C)[C@@H](C)c1ccccc1. The maximum atomic E-state index is 12.4. The molecule has 0 bridgehead atoms. The number of ether oxygens (including phenoxy) is 1. The molecular formula is C17H20N2O2. The molecule has 0 aromatic heterocycles. The Labute approximate surface area is 125 Å². The normalized spacial score (nSPS) is 11.6. The second-order valence-corrected chi connectivity index (χ2v) is 4.83. The van der Waals surface area contributed by atoms with Crippen molar-refractivity contribution < 1.29 is 9.53 Å². The van der Waals surface area contributed by atoms with Crippen LogP contribution < -0.4 is 10.1 Å². The highest BCUT2D eigenvalue weighted by Crippen LogP contribution is 2.25. The number of nitrogens with zero attached hydrogens (tertiary/aromatic N) is 1. The van der Waals surface area contributed by atoms with Gasteiger partial charge < -0.3 is 15.0 Å². The minimum absolute atomic E-state index is 0.0130. The Hall–Kier alpha value is -2.49. The molecule has 2 aromatic carbocycles. The zero-order valence-electron chi connectivity index (χ0n) is 12.5. The molecule has 0 fully saturated rings. The molecule has 0 spiro atoms. The predicted octanol–water partition coefficient (Wildman–Crippen LogP) is 3.92. The van der Waals surface area contributed by atoms with Gasteiger partial charge in [-0.3, -0.25) is 0 Å². The Morgan fingerprint density at radius 1 is 1.10 bits per heavy atom. The molecule has 0 saturated heterocycles. The summed E-state index contributed by atoms with van der Waals surface area (Å²) in [6, 6.07) is 17.1. The van der Waals surface area contributed by atoms with E-state index in [1.54, 1.807) is 19.1 Å². The average molecular weight is 284 g/mol. The maximum absolute atomic E-state index is 12.4. The minimum Gasteiger partial charge on any atom is -0.495 e. The first-order chi connectivity index (χ1) is 10.1. The van der Waals surface area contributed by atoms with E-state index in [0.29, 0.717) is 11.4 Å². The highest BCUT2D eigenvalue weighted by Gasteiger charge is 2.18. The van der Waals surface area contributed by atoms with E-state index in [9.17, 15) is 4.79 Å². The number of anilines is 1. The molecule has 4 nitrogen and oxygen atoms in total. The molecule has 110 valence electrons. The van der Waals surface area contributed by atoms with Crippen LogP contribution in [0.3, 0.4) is 0 Å². The Bertz CT molecular complexity index is 599. The predicted molar refractivity (Wildman–Crippen MR) is 84.6 cm³/mol. The van der Waals surface area contributed by atoms with Crippen molar-refractivity contribution in [2.24, 2.45) is 0 Å². The summed E-state index contributed by atoms with van der Waals surface area (Å²) in [6.07, 6.45) is 0. The lowest BCUT2D eigenvalue weighted by Crippen LogP contribution is -2.33. The van der Waals surface area contributed by atoms with E-state index in [-0.39, 0.29) is 12.1 Å². The van der Waals surface area contributed by atoms with Gasteiger partial charge in [-0.05, 0) is 24.6 Å². The van der Waals surface area contributed by atoms with Gasteiger partial charge in [-0.25, -0.2) is 4.79 Å². The quantitative estimate of drug-likeness (QED) is 0.924. The van der Waals surface area contributed by atoms with Crippen molar-refractivity contribution in [3.05, 3.63) is 60.2 Å². The van der Waals surface area contributed by atoms with Crippen molar-refractivity contribution in [3.63, 3.8) is 0 Å². The first-order valence-corrected chi connectivity index (χ1v) is 6.85. The van der Waals surface area contributed by atoms with Gasteiger partial charge >= 0.3 is 6.03 Å². The van der Waals surface area contributed by atoms with E-state index in [1.165, 1.54) is 0 Å². The molecule has 0 aliphatic heterocycles. The number of hydrogen-bond donors (Lipinski definition) is 1. The number of carbonyl (C=O) groups is 1. The molecule has 2 amide bonds. The monoisotopic (exact) mass is 284 g/mol. The molecule has 1 atom stereocenters. The second kappa shape index (κ2) is 6.79. The van der Waals surface area contributed by atoms with Gasteiger partial charge in [0, 0.05) is 7.05 Å². The number of amides is 2. The van der Waals surface area contributed by atoms with Crippen LogP contribution in [-0.4, -0.2) is 25.1 Å².